The molecule has 0 saturated heterocycles. The van der Waals surface area contributed by atoms with E-state index in [0.29, 0.717) is 6.29 Å². The zero-order valence-electron chi connectivity index (χ0n) is 5.50. The molecule has 0 spiro atoms. The SMILES string of the molecule is C[C@H](C=O)[C@@H](C)C(=O)O. The summed E-state index contributed by atoms with van der Waals surface area (Å²) in [6.45, 7) is 3.10. The van der Waals surface area contributed by atoms with Crippen LogP contribution in [0.1, 0.15) is 13.8 Å². The van der Waals surface area contributed by atoms with Crippen molar-refractivity contribution in [2.24, 2.45) is 11.8 Å². The highest BCUT2D eigenvalue weighted by Gasteiger charge is 2.17. The highest BCUT2D eigenvalue weighted by atomic mass is 16.4. The van der Waals surface area contributed by atoms with Gasteiger partial charge in [-0.3, -0.25) is 4.79 Å². The molecule has 0 heterocycles. The summed E-state index contributed by atoms with van der Waals surface area (Å²) < 4.78 is 0. The number of carbonyl (C=O) groups is 2. The van der Waals surface area contributed by atoms with Gasteiger partial charge in [-0.1, -0.05) is 13.8 Å². The molecule has 3 heteroatoms. The maximum absolute atomic E-state index is 10.1. The van der Waals surface area contributed by atoms with Gasteiger partial charge in [0.1, 0.15) is 6.29 Å². The van der Waals surface area contributed by atoms with Gasteiger partial charge in [0.05, 0.1) is 5.92 Å². The van der Waals surface area contributed by atoms with Crippen LogP contribution in [0.25, 0.3) is 0 Å². The van der Waals surface area contributed by atoms with Crippen LogP contribution in [0.5, 0.6) is 0 Å². The molecule has 3 nitrogen and oxygen atoms in total. The number of carbonyl (C=O) groups excluding carboxylic acids is 1. The molecule has 0 radical (unpaired) electrons. The third-order valence-corrected chi connectivity index (χ3v) is 1.39. The Hall–Kier alpha value is -0.860. The monoisotopic (exact) mass is 130 g/mol. The van der Waals surface area contributed by atoms with E-state index in [4.69, 9.17) is 5.11 Å². The second-order valence-corrected chi connectivity index (χ2v) is 2.12. The minimum absolute atomic E-state index is 0.387. The molecule has 0 amide bonds. The van der Waals surface area contributed by atoms with E-state index in [1.807, 2.05) is 0 Å². The van der Waals surface area contributed by atoms with Gasteiger partial charge in [-0.05, 0) is 0 Å². The molecule has 9 heavy (non-hydrogen) atoms. The summed E-state index contributed by atoms with van der Waals surface area (Å²) >= 11 is 0. The van der Waals surface area contributed by atoms with Gasteiger partial charge in [-0.2, -0.15) is 0 Å². The molecule has 0 aliphatic carbocycles. The molecule has 52 valence electrons. The van der Waals surface area contributed by atoms with Crippen LogP contribution in [-0.2, 0) is 9.59 Å². The molecule has 0 unspecified atom stereocenters. The Balaban J connectivity index is 3.86. The Morgan fingerprint density at radius 1 is 1.56 bits per heavy atom. The van der Waals surface area contributed by atoms with Gasteiger partial charge in [0.25, 0.3) is 0 Å². The van der Waals surface area contributed by atoms with Gasteiger partial charge in [0.2, 0.25) is 0 Å². The average molecular weight is 130 g/mol. The smallest absolute Gasteiger partial charge is 0.306 e. The average Bonchev–Trinajstić information content (AvgIpc) is 1.84. The molecule has 0 aliphatic heterocycles. The normalized spacial score (nSPS) is 16.2. The molecule has 0 aromatic heterocycles. The van der Waals surface area contributed by atoms with Crippen LogP contribution in [0.3, 0.4) is 0 Å². The summed E-state index contributed by atoms with van der Waals surface area (Å²) in [6, 6.07) is 0. The Kier molecular flexibility index (Phi) is 2.91. The number of carboxylic acid groups (broad SMARTS) is 1. The van der Waals surface area contributed by atoms with Gasteiger partial charge >= 0.3 is 5.97 Å². The summed E-state index contributed by atoms with van der Waals surface area (Å²) in [5.74, 6) is -1.88. The predicted octanol–water partition coefficient (Wildman–Crippen LogP) is 0.542. The maximum Gasteiger partial charge on any atom is 0.306 e. The van der Waals surface area contributed by atoms with Crippen molar-refractivity contribution in [1.29, 1.82) is 0 Å². The largest absolute Gasteiger partial charge is 0.481 e. The lowest BCUT2D eigenvalue weighted by molar-refractivity contribution is -0.144. The number of aldehydes is 1. The van der Waals surface area contributed by atoms with E-state index in [0.717, 1.165) is 0 Å². The van der Waals surface area contributed by atoms with E-state index >= 15 is 0 Å². The standard InChI is InChI=1S/C6H10O3/c1-4(3-7)5(2)6(8)9/h3-5H,1-2H3,(H,8,9)/t4-,5-/m1/s1. The lowest BCUT2D eigenvalue weighted by Crippen LogP contribution is -2.18. The molecule has 0 saturated carbocycles. The number of rotatable bonds is 3. The lowest BCUT2D eigenvalue weighted by atomic mass is 9.98. The molecule has 0 bridgehead atoms. The minimum atomic E-state index is -0.922. The van der Waals surface area contributed by atoms with Crippen LogP contribution in [0, 0.1) is 11.8 Å². The van der Waals surface area contributed by atoms with Crippen molar-refractivity contribution in [2.45, 2.75) is 13.8 Å². The fraction of sp³-hybridized carbons (Fsp3) is 0.667. The molecule has 2 atom stereocenters. The predicted molar refractivity (Wildman–Crippen MR) is 32.0 cm³/mol. The fourth-order valence-electron chi connectivity index (χ4n) is 0.343. The van der Waals surface area contributed by atoms with Gasteiger partial charge < -0.3 is 9.90 Å². The molecule has 0 aliphatic rings. The van der Waals surface area contributed by atoms with Crippen molar-refractivity contribution < 1.29 is 14.7 Å². The quantitative estimate of drug-likeness (QED) is 0.567. The Labute approximate surface area is 53.7 Å². The summed E-state index contributed by atoms with van der Waals surface area (Å²) in [5, 5.41) is 8.32. The second kappa shape index (κ2) is 3.22. The first-order valence-electron chi connectivity index (χ1n) is 2.77. The van der Waals surface area contributed by atoms with Gasteiger partial charge in [0.15, 0.2) is 0 Å². The molecule has 0 fully saturated rings. The van der Waals surface area contributed by atoms with Gasteiger partial charge in [-0.15, -0.1) is 0 Å². The summed E-state index contributed by atoms with van der Waals surface area (Å²) in [7, 11) is 0. The topological polar surface area (TPSA) is 54.4 Å². The number of aliphatic carboxylic acids is 1. The first-order valence-corrected chi connectivity index (χ1v) is 2.77. The van der Waals surface area contributed by atoms with Crippen molar-refractivity contribution in [1.82, 2.24) is 0 Å². The summed E-state index contributed by atoms with van der Waals surface area (Å²) in [5.41, 5.74) is 0. The molecule has 0 aromatic carbocycles. The number of hydrogen-bond donors (Lipinski definition) is 1. The number of hydrogen-bond acceptors (Lipinski definition) is 2. The molecular formula is C6H10O3. The molecule has 0 rings (SSSR count). The lowest BCUT2D eigenvalue weighted by Gasteiger charge is -2.06. The van der Waals surface area contributed by atoms with Crippen molar-refractivity contribution in [3.05, 3.63) is 0 Å². The molecule has 0 aromatic rings. The van der Waals surface area contributed by atoms with Crippen molar-refractivity contribution in [2.75, 3.05) is 0 Å². The highest BCUT2D eigenvalue weighted by molar-refractivity contribution is 5.74. The van der Waals surface area contributed by atoms with E-state index in [1.54, 1.807) is 6.92 Å². The van der Waals surface area contributed by atoms with Crippen LogP contribution in [0.2, 0.25) is 0 Å². The third-order valence-electron chi connectivity index (χ3n) is 1.39. The first kappa shape index (κ1) is 8.14. The van der Waals surface area contributed by atoms with E-state index in [9.17, 15) is 9.59 Å². The fourth-order valence-corrected chi connectivity index (χ4v) is 0.343. The Bertz CT molecular complexity index is 119. The first-order chi connectivity index (χ1) is 4.09. The van der Waals surface area contributed by atoms with E-state index in [2.05, 4.69) is 0 Å². The van der Waals surface area contributed by atoms with Crippen LogP contribution in [0.4, 0.5) is 0 Å². The summed E-state index contributed by atoms with van der Waals surface area (Å²) in [6.07, 6.45) is 0.652. The van der Waals surface area contributed by atoms with Crippen LogP contribution in [-0.4, -0.2) is 17.4 Å². The van der Waals surface area contributed by atoms with E-state index < -0.39 is 11.9 Å². The van der Waals surface area contributed by atoms with Gasteiger partial charge in [-0.25, -0.2) is 0 Å². The van der Waals surface area contributed by atoms with E-state index in [-0.39, 0.29) is 5.92 Å². The zero-order valence-corrected chi connectivity index (χ0v) is 5.50. The van der Waals surface area contributed by atoms with Crippen molar-refractivity contribution in [3.8, 4) is 0 Å². The molecular weight excluding hydrogens is 120 g/mol. The highest BCUT2D eigenvalue weighted by Crippen LogP contribution is 2.06. The van der Waals surface area contributed by atoms with E-state index in [1.165, 1.54) is 6.92 Å². The van der Waals surface area contributed by atoms with Gasteiger partial charge in [0, 0.05) is 5.92 Å². The third kappa shape index (κ3) is 2.26. The number of carboxylic acids is 1. The summed E-state index contributed by atoms with van der Waals surface area (Å²) in [4.78, 5) is 20.1. The second-order valence-electron chi connectivity index (χ2n) is 2.12. The van der Waals surface area contributed by atoms with Crippen LogP contribution < -0.4 is 0 Å². The molecule has 1 N–H and O–H groups in total. The van der Waals surface area contributed by atoms with Crippen molar-refractivity contribution in [3.63, 3.8) is 0 Å². The van der Waals surface area contributed by atoms with Crippen LogP contribution >= 0.6 is 0 Å². The zero-order chi connectivity index (χ0) is 7.44. The maximum atomic E-state index is 10.1. The minimum Gasteiger partial charge on any atom is -0.481 e. The van der Waals surface area contributed by atoms with Crippen LogP contribution in [0.15, 0.2) is 0 Å². The van der Waals surface area contributed by atoms with Crippen molar-refractivity contribution >= 4 is 12.3 Å². The Morgan fingerprint density at radius 3 is 2.11 bits per heavy atom. The Morgan fingerprint density at radius 2 is 2.00 bits per heavy atom.